The lowest BCUT2D eigenvalue weighted by Crippen LogP contribution is -2.26. The van der Waals surface area contributed by atoms with Crippen molar-refractivity contribution in [3.05, 3.63) is 28.4 Å². The van der Waals surface area contributed by atoms with Crippen molar-refractivity contribution in [2.45, 2.75) is 31.7 Å². The summed E-state index contributed by atoms with van der Waals surface area (Å²) >= 11 is 0. The molecule has 5 nitrogen and oxygen atoms in total. The fraction of sp³-hybridized carbons (Fsp3) is 0.583. The van der Waals surface area contributed by atoms with Gasteiger partial charge >= 0.3 is 5.82 Å². The van der Waals surface area contributed by atoms with E-state index in [0.717, 1.165) is 12.3 Å². The van der Waals surface area contributed by atoms with Gasteiger partial charge in [-0.05, 0) is 53.1 Å². The van der Waals surface area contributed by atoms with E-state index >= 15 is 0 Å². The zero-order chi connectivity index (χ0) is 11.8. The number of nitro groups is 1. The second kappa shape index (κ2) is 3.98. The van der Waals surface area contributed by atoms with Gasteiger partial charge in [-0.25, -0.2) is 0 Å². The van der Waals surface area contributed by atoms with Crippen molar-refractivity contribution in [2.24, 2.45) is 11.8 Å². The molecule has 2 bridgehead atoms. The van der Waals surface area contributed by atoms with Crippen molar-refractivity contribution in [3.8, 4) is 0 Å². The Morgan fingerprint density at radius 1 is 1.41 bits per heavy atom. The lowest BCUT2D eigenvalue weighted by atomic mass is 9.95. The smallest absolute Gasteiger partial charge is 0.375 e. The Morgan fingerprint density at radius 3 is 2.94 bits per heavy atom. The molecule has 1 aromatic heterocycles. The molecule has 5 heteroatoms. The van der Waals surface area contributed by atoms with E-state index in [9.17, 15) is 10.1 Å². The van der Waals surface area contributed by atoms with Gasteiger partial charge in [0.2, 0.25) is 0 Å². The molecule has 2 fully saturated rings. The number of nitrogens with one attached hydrogen (secondary N) is 1. The number of rotatable bonds is 3. The largest absolute Gasteiger partial charge is 0.386 e. The summed E-state index contributed by atoms with van der Waals surface area (Å²) in [5.74, 6) is 1.46. The molecule has 1 heterocycles. The summed E-state index contributed by atoms with van der Waals surface area (Å²) in [5, 5.41) is 14.2. The van der Waals surface area contributed by atoms with E-state index in [1.54, 1.807) is 12.1 Å². The predicted molar refractivity (Wildman–Crippen MR) is 63.8 cm³/mol. The number of hydrogen-bond donors (Lipinski definition) is 1. The highest BCUT2D eigenvalue weighted by Gasteiger charge is 2.40. The molecule has 0 amide bonds. The van der Waals surface area contributed by atoms with E-state index in [2.05, 4.69) is 10.3 Å². The quantitative estimate of drug-likeness (QED) is 0.643. The van der Waals surface area contributed by atoms with Crippen LogP contribution in [-0.4, -0.2) is 15.9 Å². The second-order valence-electron chi connectivity index (χ2n) is 5.06. The molecule has 2 aliphatic carbocycles. The first-order valence-electron chi connectivity index (χ1n) is 6.10. The molecule has 1 N–H and O–H groups in total. The van der Waals surface area contributed by atoms with Crippen LogP contribution >= 0.6 is 0 Å². The van der Waals surface area contributed by atoms with Crippen molar-refractivity contribution >= 4 is 11.5 Å². The zero-order valence-corrected chi connectivity index (χ0v) is 9.50. The zero-order valence-electron chi connectivity index (χ0n) is 9.50. The second-order valence-corrected chi connectivity index (χ2v) is 5.06. The van der Waals surface area contributed by atoms with Gasteiger partial charge in [-0.15, -0.1) is 0 Å². The first-order chi connectivity index (χ1) is 8.24. The summed E-state index contributed by atoms with van der Waals surface area (Å²) < 4.78 is 0. The maximum atomic E-state index is 10.9. The number of aromatic nitrogens is 1. The molecule has 0 radical (unpaired) electrons. The summed E-state index contributed by atoms with van der Waals surface area (Å²) in [6, 6.07) is 3.89. The maximum absolute atomic E-state index is 10.9. The third kappa shape index (κ3) is 1.85. The molecule has 1 aromatic rings. The number of pyridine rings is 1. The SMILES string of the molecule is O=[N+]([O-])c1ncccc1NC1CC2CCC1C2. The van der Waals surface area contributed by atoms with Crippen molar-refractivity contribution < 1.29 is 4.92 Å². The maximum Gasteiger partial charge on any atom is 0.386 e. The Kier molecular flexibility index (Phi) is 2.46. The van der Waals surface area contributed by atoms with Crippen LogP contribution in [0.3, 0.4) is 0 Å². The van der Waals surface area contributed by atoms with E-state index in [4.69, 9.17) is 0 Å². The van der Waals surface area contributed by atoms with Crippen molar-refractivity contribution in [2.75, 3.05) is 5.32 Å². The Labute approximate surface area is 99.4 Å². The van der Waals surface area contributed by atoms with Crippen LogP contribution in [0.15, 0.2) is 18.3 Å². The summed E-state index contributed by atoms with van der Waals surface area (Å²) in [7, 11) is 0. The van der Waals surface area contributed by atoms with Crippen LogP contribution in [-0.2, 0) is 0 Å². The number of fused-ring (bicyclic) bond motifs is 2. The molecule has 0 aromatic carbocycles. The van der Waals surface area contributed by atoms with E-state index < -0.39 is 4.92 Å². The Bertz CT molecular complexity index is 449. The molecule has 2 saturated carbocycles. The van der Waals surface area contributed by atoms with Gasteiger partial charge in [-0.1, -0.05) is 6.42 Å². The third-order valence-corrected chi connectivity index (χ3v) is 4.04. The molecule has 0 saturated heterocycles. The van der Waals surface area contributed by atoms with E-state index in [1.165, 1.54) is 25.5 Å². The van der Waals surface area contributed by atoms with Crippen LogP contribution in [0.25, 0.3) is 0 Å². The predicted octanol–water partition coefficient (Wildman–Crippen LogP) is 2.59. The fourth-order valence-electron chi connectivity index (χ4n) is 3.28. The Balaban J connectivity index is 1.79. The topological polar surface area (TPSA) is 68.1 Å². The van der Waals surface area contributed by atoms with Gasteiger partial charge in [0.1, 0.15) is 11.9 Å². The van der Waals surface area contributed by atoms with Crippen molar-refractivity contribution in [1.82, 2.24) is 4.98 Å². The summed E-state index contributed by atoms with van der Waals surface area (Å²) in [6.07, 6.45) is 6.49. The molecule has 17 heavy (non-hydrogen) atoms. The summed E-state index contributed by atoms with van der Waals surface area (Å²) in [5.41, 5.74) is 0.565. The average molecular weight is 233 g/mol. The monoisotopic (exact) mass is 233 g/mol. The number of nitrogens with zero attached hydrogens (tertiary/aromatic N) is 2. The normalized spacial score (nSPS) is 30.5. The van der Waals surface area contributed by atoms with Crippen LogP contribution in [0.4, 0.5) is 11.5 Å². The van der Waals surface area contributed by atoms with E-state index in [0.29, 0.717) is 17.6 Å². The van der Waals surface area contributed by atoms with Gasteiger partial charge in [-0.3, -0.25) is 0 Å². The molecule has 3 unspecified atom stereocenters. The van der Waals surface area contributed by atoms with Gasteiger partial charge in [0.05, 0.1) is 0 Å². The lowest BCUT2D eigenvalue weighted by molar-refractivity contribution is -0.388. The van der Waals surface area contributed by atoms with Crippen LogP contribution in [0.1, 0.15) is 25.7 Å². The van der Waals surface area contributed by atoms with Gasteiger partial charge in [0, 0.05) is 6.04 Å². The lowest BCUT2D eigenvalue weighted by Gasteiger charge is -2.23. The van der Waals surface area contributed by atoms with Crippen molar-refractivity contribution in [3.63, 3.8) is 0 Å². The number of anilines is 1. The Morgan fingerprint density at radius 2 is 2.29 bits per heavy atom. The minimum atomic E-state index is -0.421. The van der Waals surface area contributed by atoms with Crippen LogP contribution in [0, 0.1) is 22.0 Å². The third-order valence-electron chi connectivity index (χ3n) is 4.04. The molecular weight excluding hydrogens is 218 g/mol. The average Bonchev–Trinajstić information content (AvgIpc) is 2.91. The molecule has 0 spiro atoms. The van der Waals surface area contributed by atoms with Crippen LogP contribution in [0.2, 0.25) is 0 Å². The molecule has 90 valence electrons. The van der Waals surface area contributed by atoms with Gasteiger partial charge in [0.15, 0.2) is 0 Å². The van der Waals surface area contributed by atoms with Crippen molar-refractivity contribution in [1.29, 1.82) is 0 Å². The highest BCUT2D eigenvalue weighted by atomic mass is 16.6. The standard InChI is InChI=1S/C12H15N3O2/c16-15(17)12-10(2-1-5-13-12)14-11-7-8-3-4-9(11)6-8/h1-2,5,8-9,11,14H,3-4,6-7H2. The van der Waals surface area contributed by atoms with E-state index in [1.807, 2.05) is 0 Å². The molecule has 0 aliphatic heterocycles. The van der Waals surface area contributed by atoms with Gasteiger partial charge < -0.3 is 15.4 Å². The first kappa shape index (κ1) is 10.5. The first-order valence-corrected chi connectivity index (χ1v) is 6.10. The highest BCUT2D eigenvalue weighted by Crippen LogP contribution is 2.45. The van der Waals surface area contributed by atoms with Gasteiger partial charge in [-0.2, -0.15) is 0 Å². The van der Waals surface area contributed by atoms with Crippen LogP contribution in [0.5, 0.6) is 0 Å². The van der Waals surface area contributed by atoms with E-state index in [-0.39, 0.29) is 5.82 Å². The summed E-state index contributed by atoms with van der Waals surface area (Å²) in [6.45, 7) is 0. The molecular formula is C12H15N3O2. The molecule has 2 aliphatic rings. The minimum absolute atomic E-state index is 0.0599. The summed E-state index contributed by atoms with van der Waals surface area (Å²) in [4.78, 5) is 14.3. The molecule has 3 atom stereocenters. The minimum Gasteiger partial charge on any atom is -0.375 e. The van der Waals surface area contributed by atoms with Crippen LogP contribution < -0.4 is 5.32 Å². The fourth-order valence-corrected chi connectivity index (χ4v) is 3.28. The molecule has 3 rings (SSSR count). The van der Waals surface area contributed by atoms with Gasteiger partial charge in [0.25, 0.3) is 0 Å². The highest BCUT2D eigenvalue weighted by molar-refractivity contribution is 5.57. The Hall–Kier alpha value is -1.65. The number of hydrogen-bond acceptors (Lipinski definition) is 4.